The Bertz CT molecular complexity index is 1430. The van der Waals surface area contributed by atoms with Crippen molar-refractivity contribution in [3.8, 4) is 23.3 Å². The molecule has 0 atom stereocenters. The van der Waals surface area contributed by atoms with Gasteiger partial charge < -0.3 is 19.7 Å². The summed E-state index contributed by atoms with van der Waals surface area (Å²) >= 11 is 0. The van der Waals surface area contributed by atoms with Crippen molar-refractivity contribution in [3.63, 3.8) is 0 Å². The number of hydrogen-bond donors (Lipinski definition) is 2. The largest absolute Gasteiger partial charge is 0.494 e. The molecule has 0 radical (unpaired) electrons. The molecule has 35 heavy (non-hydrogen) atoms. The molecule has 0 saturated carbocycles. The topological polar surface area (TPSA) is 123 Å². The van der Waals surface area contributed by atoms with E-state index in [4.69, 9.17) is 9.47 Å². The van der Waals surface area contributed by atoms with E-state index in [0.717, 1.165) is 5.56 Å². The second-order valence-corrected chi connectivity index (χ2v) is 7.67. The van der Waals surface area contributed by atoms with Crippen LogP contribution in [0.3, 0.4) is 0 Å². The number of fused-ring (bicyclic) bond motifs is 1. The number of methoxy groups -OCH3 is 2. The lowest BCUT2D eigenvalue weighted by atomic mass is 10.1. The van der Waals surface area contributed by atoms with Gasteiger partial charge in [-0.1, -0.05) is 30.3 Å². The smallest absolute Gasteiger partial charge is 0.295 e. The van der Waals surface area contributed by atoms with Gasteiger partial charge in [0.1, 0.15) is 0 Å². The molecule has 0 bridgehead atoms. The van der Waals surface area contributed by atoms with Gasteiger partial charge in [-0.3, -0.25) is 14.2 Å². The number of rotatable bonds is 7. The van der Waals surface area contributed by atoms with Crippen LogP contribution in [0.5, 0.6) is 23.3 Å². The van der Waals surface area contributed by atoms with E-state index in [0.29, 0.717) is 35.2 Å². The Hall–Kier alpha value is -4.66. The van der Waals surface area contributed by atoms with Crippen LogP contribution in [-0.4, -0.2) is 40.8 Å². The Balaban J connectivity index is 1.53. The van der Waals surface area contributed by atoms with Crippen LogP contribution in [0.1, 0.15) is 26.3 Å². The van der Waals surface area contributed by atoms with Gasteiger partial charge >= 0.3 is 0 Å². The molecule has 9 nitrogen and oxygen atoms in total. The third-order valence-electron chi connectivity index (χ3n) is 5.59. The maximum absolute atomic E-state index is 12.6. The lowest BCUT2D eigenvalue weighted by Gasteiger charge is -2.07. The second kappa shape index (κ2) is 10.1. The van der Waals surface area contributed by atoms with Gasteiger partial charge in [-0.25, -0.2) is 0 Å². The highest BCUT2D eigenvalue weighted by Gasteiger charge is 2.18. The molecule has 0 fully saturated rings. The predicted molar refractivity (Wildman–Crippen MR) is 128 cm³/mol. The van der Waals surface area contributed by atoms with Crippen LogP contribution in [0.2, 0.25) is 0 Å². The second-order valence-electron chi connectivity index (χ2n) is 7.67. The fourth-order valence-electron chi connectivity index (χ4n) is 3.72. The number of hydrogen-bond acceptors (Lipinski definition) is 6. The summed E-state index contributed by atoms with van der Waals surface area (Å²) in [5.74, 6) is -0.967. The molecule has 0 saturated heterocycles. The SMILES string of the molecule is COc1ccc(C(=O)N=NC(=O)c2ccc3c(O)n(CCc4ccccc4)c(O)c3c2)cc1OC. The molecule has 2 N–H and O–H groups in total. The van der Waals surface area contributed by atoms with E-state index in [2.05, 4.69) is 10.2 Å². The van der Waals surface area contributed by atoms with Gasteiger partial charge in [-0.2, -0.15) is 0 Å². The highest BCUT2D eigenvalue weighted by molar-refractivity contribution is 6.03. The number of ether oxygens (including phenoxy) is 2. The summed E-state index contributed by atoms with van der Waals surface area (Å²) in [6, 6.07) is 18.5. The van der Waals surface area contributed by atoms with Crippen molar-refractivity contribution in [1.29, 1.82) is 0 Å². The summed E-state index contributed by atoms with van der Waals surface area (Å²) in [6.45, 7) is 0.346. The average molecular weight is 473 g/mol. The maximum atomic E-state index is 12.6. The Morgan fingerprint density at radius 3 is 2.03 bits per heavy atom. The number of amides is 2. The van der Waals surface area contributed by atoms with Crippen molar-refractivity contribution in [1.82, 2.24) is 4.57 Å². The van der Waals surface area contributed by atoms with Gasteiger partial charge in [0.25, 0.3) is 11.8 Å². The standard InChI is InChI=1S/C26H23N3O6/c1-34-21-11-9-18(15-22(21)35-2)24(31)28-27-23(30)17-8-10-19-20(14-17)26(33)29(25(19)32)13-12-16-6-4-3-5-7-16/h3-11,14-15,32-33H,12-13H2,1-2H3. The van der Waals surface area contributed by atoms with Crippen LogP contribution in [-0.2, 0) is 13.0 Å². The Morgan fingerprint density at radius 1 is 0.771 bits per heavy atom. The number of azo groups is 1. The van der Waals surface area contributed by atoms with E-state index >= 15 is 0 Å². The lowest BCUT2D eigenvalue weighted by Crippen LogP contribution is -2.00. The molecule has 178 valence electrons. The summed E-state index contributed by atoms with van der Waals surface area (Å²) in [5, 5.41) is 29.0. The summed E-state index contributed by atoms with van der Waals surface area (Å²) in [5.41, 5.74) is 1.34. The predicted octanol–water partition coefficient (Wildman–Crippen LogP) is 4.75. The van der Waals surface area contributed by atoms with E-state index in [9.17, 15) is 19.8 Å². The zero-order valence-electron chi connectivity index (χ0n) is 19.1. The third-order valence-corrected chi connectivity index (χ3v) is 5.59. The third kappa shape index (κ3) is 4.84. The number of carbonyl (C=O) groups is 2. The quantitative estimate of drug-likeness (QED) is 0.374. The van der Waals surface area contributed by atoms with Crippen LogP contribution in [0.15, 0.2) is 77.0 Å². The van der Waals surface area contributed by atoms with Crippen molar-refractivity contribution >= 4 is 22.6 Å². The minimum atomic E-state index is -0.767. The average Bonchev–Trinajstić information content (AvgIpc) is 3.14. The number of aryl methyl sites for hydroxylation is 1. The molecule has 4 aromatic rings. The first-order valence-corrected chi connectivity index (χ1v) is 10.7. The molecule has 0 aliphatic rings. The number of nitrogens with zero attached hydrogens (tertiary/aromatic N) is 3. The summed E-state index contributed by atoms with van der Waals surface area (Å²) in [7, 11) is 2.92. The summed E-state index contributed by atoms with van der Waals surface area (Å²) < 4.78 is 11.7. The van der Waals surface area contributed by atoms with Gasteiger partial charge in [0, 0.05) is 28.4 Å². The minimum absolute atomic E-state index is 0.0994. The number of carbonyl (C=O) groups excluding carboxylic acids is 2. The summed E-state index contributed by atoms with van der Waals surface area (Å²) in [4.78, 5) is 24.9. The lowest BCUT2D eigenvalue weighted by molar-refractivity contribution is 0.0946. The number of benzene rings is 3. The van der Waals surface area contributed by atoms with Crippen LogP contribution in [0.25, 0.3) is 10.8 Å². The highest BCUT2D eigenvalue weighted by Crippen LogP contribution is 2.37. The highest BCUT2D eigenvalue weighted by atomic mass is 16.5. The van der Waals surface area contributed by atoms with Crippen molar-refractivity contribution in [2.24, 2.45) is 10.2 Å². The first-order valence-electron chi connectivity index (χ1n) is 10.7. The zero-order chi connectivity index (χ0) is 24.9. The molecule has 2 amide bonds. The van der Waals surface area contributed by atoms with Crippen LogP contribution >= 0.6 is 0 Å². The molecular formula is C26H23N3O6. The minimum Gasteiger partial charge on any atom is -0.494 e. The fourth-order valence-corrected chi connectivity index (χ4v) is 3.72. The van der Waals surface area contributed by atoms with E-state index in [1.165, 1.54) is 49.1 Å². The van der Waals surface area contributed by atoms with Gasteiger partial charge in [0.05, 0.1) is 14.2 Å². The Labute approximate surface area is 200 Å². The molecule has 1 aromatic heterocycles. The van der Waals surface area contributed by atoms with Gasteiger partial charge in [0.2, 0.25) is 11.8 Å². The number of aromatic hydroxyl groups is 2. The Morgan fingerprint density at radius 2 is 1.37 bits per heavy atom. The van der Waals surface area contributed by atoms with Gasteiger partial charge in [-0.15, -0.1) is 10.2 Å². The van der Waals surface area contributed by atoms with Crippen molar-refractivity contribution in [2.75, 3.05) is 14.2 Å². The molecule has 4 rings (SSSR count). The van der Waals surface area contributed by atoms with E-state index in [1.807, 2.05) is 30.3 Å². The van der Waals surface area contributed by atoms with Gasteiger partial charge in [-0.05, 0) is 48.4 Å². The molecule has 1 heterocycles. The molecule has 3 aromatic carbocycles. The van der Waals surface area contributed by atoms with Gasteiger partial charge in [0.15, 0.2) is 11.5 Å². The molecule has 9 heteroatoms. The van der Waals surface area contributed by atoms with Crippen LogP contribution in [0.4, 0.5) is 0 Å². The zero-order valence-corrected chi connectivity index (χ0v) is 19.1. The first-order chi connectivity index (χ1) is 16.9. The normalized spacial score (nSPS) is 11.1. The number of aromatic nitrogens is 1. The molecule has 0 unspecified atom stereocenters. The van der Waals surface area contributed by atoms with E-state index < -0.39 is 11.8 Å². The summed E-state index contributed by atoms with van der Waals surface area (Å²) in [6.07, 6.45) is 0.598. The molecule has 0 aliphatic heterocycles. The van der Waals surface area contributed by atoms with E-state index in [1.54, 1.807) is 6.07 Å². The van der Waals surface area contributed by atoms with Crippen molar-refractivity contribution < 1.29 is 29.3 Å². The molecule has 0 spiro atoms. The molecule has 0 aliphatic carbocycles. The molecular weight excluding hydrogens is 450 g/mol. The van der Waals surface area contributed by atoms with E-state index in [-0.39, 0.29) is 22.9 Å². The Kier molecular flexibility index (Phi) is 6.77. The van der Waals surface area contributed by atoms with Crippen LogP contribution < -0.4 is 9.47 Å². The monoisotopic (exact) mass is 473 g/mol. The van der Waals surface area contributed by atoms with Crippen LogP contribution in [0, 0.1) is 0 Å². The maximum Gasteiger partial charge on any atom is 0.295 e. The fraction of sp³-hybridized carbons (Fsp3) is 0.154. The first kappa shape index (κ1) is 23.5. The van der Waals surface area contributed by atoms with Crippen molar-refractivity contribution in [3.05, 3.63) is 83.4 Å². The van der Waals surface area contributed by atoms with Crippen molar-refractivity contribution in [2.45, 2.75) is 13.0 Å².